The van der Waals surface area contributed by atoms with Crippen molar-refractivity contribution in [1.82, 2.24) is 5.32 Å². The van der Waals surface area contributed by atoms with E-state index in [4.69, 9.17) is 18.6 Å². The zero-order valence-electron chi connectivity index (χ0n) is 16.5. The highest BCUT2D eigenvalue weighted by Gasteiger charge is 2.26. The monoisotopic (exact) mass is 405 g/mol. The summed E-state index contributed by atoms with van der Waals surface area (Å²) >= 11 is 1.66. The molecule has 152 valence electrons. The second-order valence-corrected chi connectivity index (χ2v) is 7.62. The number of rotatable bonds is 8. The van der Waals surface area contributed by atoms with E-state index in [1.165, 1.54) is 0 Å². The number of furan rings is 1. The van der Waals surface area contributed by atoms with E-state index < -0.39 is 0 Å². The van der Waals surface area contributed by atoms with Gasteiger partial charge in [-0.15, -0.1) is 0 Å². The molecule has 1 amide bonds. The Labute approximate surface area is 169 Å². The normalized spacial score (nSPS) is 19.1. The number of benzene rings is 1. The summed E-state index contributed by atoms with van der Waals surface area (Å²) in [5.74, 6) is 3.77. The van der Waals surface area contributed by atoms with Crippen LogP contribution in [-0.2, 0) is 5.75 Å². The lowest BCUT2D eigenvalue weighted by atomic mass is 9.93. The van der Waals surface area contributed by atoms with Crippen LogP contribution in [0.1, 0.15) is 42.0 Å². The first-order valence-corrected chi connectivity index (χ1v) is 10.8. The van der Waals surface area contributed by atoms with Crippen LogP contribution >= 0.6 is 11.8 Å². The van der Waals surface area contributed by atoms with E-state index >= 15 is 0 Å². The number of hydrogen-bond donors (Lipinski definition) is 1. The Morgan fingerprint density at radius 2 is 1.86 bits per heavy atom. The Morgan fingerprint density at radius 3 is 2.54 bits per heavy atom. The van der Waals surface area contributed by atoms with E-state index in [1.54, 1.807) is 32.0 Å². The molecule has 0 spiro atoms. The van der Waals surface area contributed by atoms with Crippen LogP contribution in [-0.4, -0.2) is 38.5 Å². The molecule has 0 saturated heterocycles. The number of thioether (sulfide) groups is 1. The summed E-state index contributed by atoms with van der Waals surface area (Å²) in [6.45, 7) is 0. The number of nitrogens with one attached hydrogen (secondary N) is 1. The van der Waals surface area contributed by atoms with Crippen molar-refractivity contribution < 1.29 is 23.4 Å². The fourth-order valence-electron chi connectivity index (χ4n) is 3.43. The lowest BCUT2D eigenvalue weighted by Gasteiger charge is -2.29. The third kappa shape index (κ3) is 4.95. The molecule has 1 saturated carbocycles. The number of para-hydroxylation sites is 1. The second-order valence-electron chi connectivity index (χ2n) is 6.76. The Kier molecular flexibility index (Phi) is 7.14. The summed E-state index contributed by atoms with van der Waals surface area (Å²) in [4.78, 5) is 12.4. The molecule has 7 heteroatoms. The first kappa shape index (κ1) is 20.5. The lowest BCUT2D eigenvalue weighted by Crippen LogP contribution is -2.39. The van der Waals surface area contributed by atoms with Gasteiger partial charge in [-0.1, -0.05) is 6.07 Å². The van der Waals surface area contributed by atoms with Crippen molar-refractivity contribution in [1.29, 1.82) is 0 Å². The summed E-state index contributed by atoms with van der Waals surface area (Å²) in [7, 11) is 3.22. The predicted molar refractivity (Wildman–Crippen MR) is 110 cm³/mol. The molecule has 6 nitrogen and oxygen atoms in total. The van der Waals surface area contributed by atoms with Crippen LogP contribution < -0.4 is 19.5 Å². The van der Waals surface area contributed by atoms with Gasteiger partial charge in [0.25, 0.3) is 5.91 Å². The van der Waals surface area contributed by atoms with E-state index in [0.29, 0.717) is 23.0 Å². The van der Waals surface area contributed by atoms with Crippen LogP contribution in [0.25, 0.3) is 0 Å². The number of carbonyl (C=O) groups is 1. The fraction of sp³-hybridized carbons (Fsp3) is 0.476. The van der Waals surface area contributed by atoms with Crippen molar-refractivity contribution in [2.24, 2.45) is 0 Å². The molecule has 1 aliphatic rings. The Morgan fingerprint density at radius 1 is 1.11 bits per heavy atom. The number of methoxy groups -OCH3 is 2. The predicted octanol–water partition coefficient (Wildman–Crippen LogP) is 4.28. The van der Waals surface area contributed by atoms with Gasteiger partial charge in [-0.25, -0.2) is 0 Å². The van der Waals surface area contributed by atoms with Crippen molar-refractivity contribution in [3.05, 3.63) is 41.9 Å². The molecule has 0 aliphatic heterocycles. The van der Waals surface area contributed by atoms with E-state index in [2.05, 4.69) is 5.32 Å². The first-order chi connectivity index (χ1) is 13.6. The van der Waals surface area contributed by atoms with Gasteiger partial charge in [0.2, 0.25) is 5.75 Å². The van der Waals surface area contributed by atoms with E-state index in [0.717, 1.165) is 37.2 Å². The third-order valence-electron chi connectivity index (χ3n) is 4.84. The third-order valence-corrected chi connectivity index (χ3v) is 5.42. The molecule has 2 aromatic rings. The van der Waals surface area contributed by atoms with Gasteiger partial charge in [0.05, 0.1) is 26.1 Å². The molecule has 1 N–H and O–H groups in total. The maximum Gasteiger partial charge on any atom is 0.287 e. The minimum atomic E-state index is -0.147. The molecule has 28 heavy (non-hydrogen) atoms. The minimum Gasteiger partial charge on any atom is -0.493 e. The molecule has 1 heterocycles. The molecular weight excluding hydrogens is 378 g/mol. The van der Waals surface area contributed by atoms with Gasteiger partial charge in [0.15, 0.2) is 17.3 Å². The zero-order chi connectivity index (χ0) is 19.9. The highest BCUT2D eigenvalue weighted by molar-refractivity contribution is 7.97. The maximum atomic E-state index is 12.4. The van der Waals surface area contributed by atoms with E-state index in [9.17, 15) is 4.79 Å². The highest BCUT2D eigenvalue weighted by atomic mass is 32.2. The molecule has 0 radical (unpaired) electrons. The van der Waals surface area contributed by atoms with Crippen molar-refractivity contribution in [3.63, 3.8) is 0 Å². The van der Waals surface area contributed by atoms with Crippen LogP contribution in [0.5, 0.6) is 17.2 Å². The van der Waals surface area contributed by atoms with Gasteiger partial charge >= 0.3 is 0 Å². The van der Waals surface area contributed by atoms with Gasteiger partial charge in [0, 0.05) is 6.04 Å². The standard InChI is InChI=1S/C21H27NO5S/c1-24-17-5-4-6-18(20(17)25-2)26-15-9-7-14(8-10-15)22-21(23)19-12-11-16(27-19)13-28-3/h4-6,11-12,14-15H,7-10,13H2,1-3H3,(H,22,23). The lowest BCUT2D eigenvalue weighted by molar-refractivity contribution is 0.0863. The topological polar surface area (TPSA) is 69.9 Å². The Hall–Kier alpha value is -2.28. The van der Waals surface area contributed by atoms with Crippen LogP contribution in [0.2, 0.25) is 0 Å². The van der Waals surface area contributed by atoms with Gasteiger partial charge in [-0.3, -0.25) is 4.79 Å². The zero-order valence-corrected chi connectivity index (χ0v) is 17.3. The number of ether oxygens (including phenoxy) is 3. The average molecular weight is 406 g/mol. The summed E-state index contributed by atoms with van der Waals surface area (Å²) in [6, 6.07) is 9.35. The summed E-state index contributed by atoms with van der Waals surface area (Å²) < 4.78 is 22.5. The molecule has 1 aromatic carbocycles. The highest BCUT2D eigenvalue weighted by Crippen LogP contribution is 2.38. The van der Waals surface area contributed by atoms with E-state index in [1.807, 2.05) is 30.5 Å². The van der Waals surface area contributed by atoms with Crippen LogP contribution in [0.4, 0.5) is 0 Å². The fourth-order valence-corrected chi connectivity index (χ4v) is 3.87. The Bertz CT molecular complexity index is 783. The molecule has 0 atom stereocenters. The number of carbonyl (C=O) groups excluding carboxylic acids is 1. The summed E-state index contributed by atoms with van der Waals surface area (Å²) in [5.41, 5.74) is 0. The molecule has 1 aliphatic carbocycles. The molecular formula is C21H27NO5S. The molecule has 3 rings (SSSR count). The molecule has 1 fully saturated rings. The van der Waals surface area contributed by atoms with Crippen molar-refractivity contribution in [2.45, 2.75) is 43.6 Å². The van der Waals surface area contributed by atoms with Gasteiger partial charge < -0.3 is 23.9 Å². The second kappa shape index (κ2) is 9.78. The van der Waals surface area contributed by atoms with E-state index in [-0.39, 0.29) is 18.1 Å². The van der Waals surface area contributed by atoms with Crippen LogP contribution in [0, 0.1) is 0 Å². The number of amides is 1. The minimum absolute atomic E-state index is 0.0888. The van der Waals surface area contributed by atoms with Crippen molar-refractivity contribution in [2.75, 3.05) is 20.5 Å². The SMILES string of the molecule is COc1cccc(OC2CCC(NC(=O)c3ccc(CSC)o3)CC2)c1OC. The van der Waals surface area contributed by atoms with Gasteiger partial charge in [-0.05, 0) is 56.2 Å². The number of hydrogen-bond acceptors (Lipinski definition) is 6. The largest absolute Gasteiger partial charge is 0.493 e. The maximum absolute atomic E-state index is 12.4. The van der Waals surface area contributed by atoms with Crippen LogP contribution in [0.3, 0.4) is 0 Å². The first-order valence-electron chi connectivity index (χ1n) is 9.40. The quantitative estimate of drug-likeness (QED) is 0.707. The van der Waals surface area contributed by atoms with Gasteiger partial charge in [0.1, 0.15) is 5.76 Å². The van der Waals surface area contributed by atoms with Crippen molar-refractivity contribution in [3.8, 4) is 17.2 Å². The molecule has 0 bridgehead atoms. The summed E-state index contributed by atoms with van der Waals surface area (Å²) in [6.07, 6.45) is 5.54. The molecule has 0 unspecified atom stereocenters. The Balaban J connectivity index is 1.51. The van der Waals surface area contributed by atoms with Gasteiger partial charge in [-0.2, -0.15) is 11.8 Å². The average Bonchev–Trinajstić information content (AvgIpc) is 3.18. The summed E-state index contributed by atoms with van der Waals surface area (Å²) in [5, 5.41) is 3.08. The smallest absolute Gasteiger partial charge is 0.287 e. The molecule has 1 aromatic heterocycles. The van der Waals surface area contributed by atoms with Crippen LogP contribution in [0.15, 0.2) is 34.7 Å². The van der Waals surface area contributed by atoms with Crippen molar-refractivity contribution >= 4 is 17.7 Å².